The SMILES string of the molecule is CC/C=C\C/C=C\C/C=C\C/C=C\C/C=C\CC(=O)OC(COC(=O)CCCCCCC/C=C\C/C=C\C/C=C\CC)COC(=O)CCCCCCCCCCCCCC/C=C\C/C=C\C/C=C\C/C=C\CC. The molecule has 0 radical (unpaired) electrons. The molecule has 6 nitrogen and oxygen atoms in total. The van der Waals surface area contributed by atoms with E-state index in [-0.39, 0.29) is 31.6 Å². The summed E-state index contributed by atoms with van der Waals surface area (Å²) in [7, 11) is 0. The van der Waals surface area contributed by atoms with Crippen LogP contribution in [-0.4, -0.2) is 37.2 Å². The normalized spacial score (nSPS) is 13.2. The Balaban J connectivity index is 4.43. The molecular formula is C67H106O6. The van der Waals surface area contributed by atoms with Gasteiger partial charge in [-0.1, -0.05) is 250 Å². The fourth-order valence-corrected chi connectivity index (χ4v) is 7.58. The molecule has 0 aliphatic heterocycles. The van der Waals surface area contributed by atoms with E-state index in [1.54, 1.807) is 6.08 Å². The lowest BCUT2D eigenvalue weighted by Gasteiger charge is -2.18. The highest BCUT2D eigenvalue weighted by Crippen LogP contribution is 2.15. The molecule has 0 fully saturated rings. The van der Waals surface area contributed by atoms with Crippen LogP contribution in [0.2, 0.25) is 0 Å². The van der Waals surface area contributed by atoms with Crippen molar-refractivity contribution in [2.75, 3.05) is 13.2 Å². The molecule has 1 atom stereocenters. The van der Waals surface area contributed by atoms with Gasteiger partial charge in [-0.05, 0) is 116 Å². The van der Waals surface area contributed by atoms with Gasteiger partial charge in [-0.15, -0.1) is 0 Å². The van der Waals surface area contributed by atoms with Crippen molar-refractivity contribution in [3.05, 3.63) is 146 Å². The first-order chi connectivity index (χ1) is 36.0. The molecule has 6 heteroatoms. The number of allylic oxidation sites excluding steroid dienone is 23. The minimum absolute atomic E-state index is 0.0868. The Morgan fingerprint density at radius 3 is 0.836 bits per heavy atom. The summed E-state index contributed by atoms with van der Waals surface area (Å²) in [4.78, 5) is 38.1. The zero-order valence-corrected chi connectivity index (χ0v) is 46.8. The van der Waals surface area contributed by atoms with Crippen molar-refractivity contribution in [1.82, 2.24) is 0 Å². The lowest BCUT2D eigenvalue weighted by Crippen LogP contribution is -2.30. The van der Waals surface area contributed by atoms with E-state index >= 15 is 0 Å². The van der Waals surface area contributed by atoms with Crippen LogP contribution in [-0.2, 0) is 28.6 Å². The van der Waals surface area contributed by atoms with Crippen molar-refractivity contribution in [3.63, 3.8) is 0 Å². The van der Waals surface area contributed by atoms with E-state index in [0.717, 1.165) is 128 Å². The predicted molar refractivity (Wildman–Crippen MR) is 315 cm³/mol. The zero-order chi connectivity index (χ0) is 52.9. The molecule has 0 aromatic carbocycles. The summed E-state index contributed by atoms with van der Waals surface area (Å²) in [6.45, 7) is 6.19. The summed E-state index contributed by atoms with van der Waals surface area (Å²) >= 11 is 0. The van der Waals surface area contributed by atoms with Gasteiger partial charge in [0.1, 0.15) is 13.2 Å². The highest BCUT2D eigenvalue weighted by Gasteiger charge is 2.19. The van der Waals surface area contributed by atoms with E-state index in [1.807, 2.05) is 6.08 Å². The second-order valence-corrected chi connectivity index (χ2v) is 18.8. The summed E-state index contributed by atoms with van der Waals surface area (Å²) in [5.74, 6) is -1.08. The average molecular weight is 1010 g/mol. The van der Waals surface area contributed by atoms with Crippen LogP contribution in [0.5, 0.6) is 0 Å². The standard InChI is InChI=1S/C67H106O6/c1-4-7-10-13-16-19-22-25-28-29-30-31-32-33-34-35-36-37-40-42-45-48-51-54-57-60-66(69)72-63-64(73-67(70)61-58-55-52-49-46-43-39-27-24-21-18-15-12-9-6-3)62-71-65(68)59-56-53-50-47-44-41-38-26-23-20-17-14-11-8-5-2/h7-12,16-21,25-28,30-31,38-39,46,49,55,58,64H,4-6,13-15,22-24,29,32-37,40-45,47-48,50-54,56-57,59-63H2,1-3H3/b10-7-,11-8-,12-9-,19-16-,20-17-,21-18-,28-25-,31-30-,38-26-,39-27-,49-46-,58-55-. The molecule has 0 aromatic rings. The summed E-state index contributed by atoms with van der Waals surface area (Å²) < 4.78 is 16.7. The monoisotopic (exact) mass is 1010 g/mol. The molecule has 0 aromatic heterocycles. The fourth-order valence-electron chi connectivity index (χ4n) is 7.58. The highest BCUT2D eigenvalue weighted by atomic mass is 16.6. The van der Waals surface area contributed by atoms with Gasteiger partial charge in [0.25, 0.3) is 0 Å². The van der Waals surface area contributed by atoms with Gasteiger partial charge in [-0.25, -0.2) is 0 Å². The second-order valence-electron chi connectivity index (χ2n) is 18.8. The Hall–Kier alpha value is -4.71. The Kier molecular flexibility index (Phi) is 56.0. The number of hydrogen-bond acceptors (Lipinski definition) is 6. The lowest BCUT2D eigenvalue weighted by atomic mass is 10.0. The van der Waals surface area contributed by atoms with Crippen molar-refractivity contribution < 1.29 is 28.6 Å². The topological polar surface area (TPSA) is 78.9 Å². The Labute approximate surface area is 448 Å². The van der Waals surface area contributed by atoms with Crippen molar-refractivity contribution in [3.8, 4) is 0 Å². The first kappa shape index (κ1) is 68.3. The zero-order valence-electron chi connectivity index (χ0n) is 46.8. The summed E-state index contributed by atoms with van der Waals surface area (Å²) in [6.07, 6.45) is 85.9. The van der Waals surface area contributed by atoms with Crippen molar-refractivity contribution in [2.45, 2.75) is 245 Å². The second kappa shape index (κ2) is 59.8. The van der Waals surface area contributed by atoms with Crippen molar-refractivity contribution in [2.24, 2.45) is 0 Å². The first-order valence-electron chi connectivity index (χ1n) is 29.3. The number of ether oxygens (including phenoxy) is 3. The van der Waals surface area contributed by atoms with Gasteiger partial charge in [0.2, 0.25) is 0 Å². The molecule has 410 valence electrons. The van der Waals surface area contributed by atoms with Gasteiger partial charge >= 0.3 is 17.9 Å². The fraction of sp³-hybridized carbons (Fsp3) is 0.597. The summed E-state index contributed by atoms with van der Waals surface area (Å²) in [6, 6.07) is 0. The molecule has 0 N–H and O–H groups in total. The van der Waals surface area contributed by atoms with Gasteiger partial charge < -0.3 is 14.2 Å². The van der Waals surface area contributed by atoms with Crippen LogP contribution in [0.25, 0.3) is 0 Å². The Morgan fingerprint density at radius 2 is 0.534 bits per heavy atom. The van der Waals surface area contributed by atoms with Crippen LogP contribution in [0.4, 0.5) is 0 Å². The van der Waals surface area contributed by atoms with E-state index in [0.29, 0.717) is 19.3 Å². The molecule has 0 bridgehead atoms. The number of esters is 3. The maximum atomic E-state index is 12.8. The van der Waals surface area contributed by atoms with Gasteiger partial charge in [0.15, 0.2) is 6.10 Å². The molecule has 0 aliphatic carbocycles. The molecule has 0 heterocycles. The summed E-state index contributed by atoms with van der Waals surface area (Å²) in [5, 5.41) is 0. The third kappa shape index (κ3) is 58.1. The van der Waals surface area contributed by atoms with E-state index in [9.17, 15) is 14.4 Å². The van der Waals surface area contributed by atoms with E-state index in [4.69, 9.17) is 14.2 Å². The van der Waals surface area contributed by atoms with Crippen LogP contribution in [0.1, 0.15) is 239 Å². The van der Waals surface area contributed by atoms with Gasteiger partial charge in [-0.3, -0.25) is 14.4 Å². The number of rotatable bonds is 51. The molecule has 0 amide bonds. The third-order valence-electron chi connectivity index (χ3n) is 11.9. The van der Waals surface area contributed by atoms with Crippen LogP contribution in [0, 0.1) is 0 Å². The number of carbonyl (C=O) groups excluding carboxylic acids is 3. The third-order valence-corrected chi connectivity index (χ3v) is 11.9. The van der Waals surface area contributed by atoms with Crippen molar-refractivity contribution in [1.29, 1.82) is 0 Å². The molecule has 0 aliphatic rings. The molecule has 73 heavy (non-hydrogen) atoms. The van der Waals surface area contributed by atoms with E-state index in [2.05, 4.69) is 154 Å². The van der Waals surface area contributed by atoms with E-state index in [1.165, 1.54) is 64.2 Å². The lowest BCUT2D eigenvalue weighted by molar-refractivity contribution is -0.166. The molecule has 1 unspecified atom stereocenters. The largest absolute Gasteiger partial charge is 0.462 e. The Bertz CT molecular complexity index is 1630. The maximum Gasteiger partial charge on any atom is 0.310 e. The molecule has 0 saturated carbocycles. The van der Waals surface area contributed by atoms with Crippen molar-refractivity contribution >= 4 is 17.9 Å². The van der Waals surface area contributed by atoms with Gasteiger partial charge in [0.05, 0.1) is 6.42 Å². The first-order valence-corrected chi connectivity index (χ1v) is 29.3. The quantitative estimate of drug-likeness (QED) is 0.0261. The molecule has 0 spiro atoms. The average Bonchev–Trinajstić information content (AvgIpc) is 3.39. The smallest absolute Gasteiger partial charge is 0.310 e. The summed E-state index contributed by atoms with van der Waals surface area (Å²) in [5.41, 5.74) is 0. The highest BCUT2D eigenvalue weighted by molar-refractivity contribution is 5.72. The minimum Gasteiger partial charge on any atom is -0.462 e. The van der Waals surface area contributed by atoms with Crippen LogP contribution in [0.3, 0.4) is 0 Å². The van der Waals surface area contributed by atoms with Gasteiger partial charge in [0, 0.05) is 12.8 Å². The molecular weight excluding hydrogens is 901 g/mol. The van der Waals surface area contributed by atoms with Gasteiger partial charge in [-0.2, -0.15) is 0 Å². The molecule has 0 saturated heterocycles. The minimum atomic E-state index is -0.847. The van der Waals surface area contributed by atoms with Crippen LogP contribution in [0.15, 0.2) is 146 Å². The molecule has 0 rings (SSSR count). The van der Waals surface area contributed by atoms with Crippen LogP contribution >= 0.6 is 0 Å². The predicted octanol–water partition coefficient (Wildman–Crippen LogP) is 20.0. The van der Waals surface area contributed by atoms with E-state index < -0.39 is 12.1 Å². The van der Waals surface area contributed by atoms with Crippen LogP contribution < -0.4 is 0 Å². The number of unbranched alkanes of at least 4 members (excludes halogenated alkanes) is 17. The number of carbonyl (C=O) groups is 3. The maximum absolute atomic E-state index is 12.8. The Morgan fingerprint density at radius 1 is 0.288 bits per heavy atom. The number of hydrogen-bond donors (Lipinski definition) is 0.